The zero-order valence-corrected chi connectivity index (χ0v) is 10.5. The molecule has 0 fully saturated rings. The molecule has 18 heavy (non-hydrogen) atoms. The molecule has 0 aliphatic heterocycles. The van der Waals surface area contributed by atoms with Gasteiger partial charge < -0.3 is 14.0 Å². The fraction of sp³-hybridized carbons (Fsp3) is 0.357. The van der Waals surface area contributed by atoms with Gasteiger partial charge in [-0.2, -0.15) is 0 Å². The van der Waals surface area contributed by atoms with Gasteiger partial charge in [-0.3, -0.25) is 4.79 Å². The maximum Gasteiger partial charge on any atom is 0.152 e. The Bertz CT molecular complexity index is 519. The van der Waals surface area contributed by atoms with E-state index in [0.717, 1.165) is 29.3 Å². The van der Waals surface area contributed by atoms with Gasteiger partial charge in [0.05, 0.1) is 25.3 Å². The Labute approximate surface area is 106 Å². The van der Waals surface area contributed by atoms with Crippen molar-refractivity contribution in [1.29, 1.82) is 0 Å². The molecule has 0 bridgehead atoms. The van der Waals surface area contributed by atoms with E-state index in [0.29, 0.717) is 19.8 Å². The molecule has 0 radical (unpaired) electrons. The van der Waals surface area contributed by atoms with Crippen LogP contribution in [0.4, 0.5) is 0 Å². The van der Waals surface area contributed by atoms with Gasteiger partial charge in [-0.25, -0.2) is 0 Å². The van der Waals surface area contributed by atoms with Gasteiger partial charge in [0.25, 0.3) is 0 Å². The number of benzene rings is 1. The van der Waals surface area contributed by atoms with Crippen LogP contribution in [0.25, 0.3) is 10.9 Å². The van der Waals surface area contributed by atoms with E-state index in [1.807, 2.05) is 35.0 Å². The molecule has 0 unspecified atom stereocenters. The van der Waals surface area contributed by atoms with E-state index < -0.39 is 0 Å². The third-order valence-corrected chi connectivity index (χ3v) is 2.85. The molecule has 0 amide bonds. The Kier molecular flexibility index (Phi) is 4.50. The SMILES string of the molecule is COCCOCCn1ccc2cccc(C=O)c21. The molecule has 1 heterocycles. The standard InChI is InChI=1S/C14H17NO3/c1-17-9-10-18-8-7-15-6-5-12-3-2-4-13(11-16)14(12)15/h2-6,11H,7-10H2,1H3. The molecule has 0 atom stereocenters. The normalized spacial score (nSPS) is 10.9. The van der Waals surface area contributed by atoms with Crippen molar-refractivity contribution in [1.82, 2.24) is 4.57 Å². The van der Waals surface area contributed by atoms with Crippen LogP contribution >= 0.6 is 0 Å². The molecule has 4 heteroatoms. The van der Waals surface area contributed by atoms with Crippen LogP contribution in [0.15, 0.2) is 30.5 Å². The van der Waals surface area contributed by atoms with Gasteiger partial charge >= 0.3 is 0 Å². The molecule has 0 saturated carbocycles. The van der Waals surface area contributed by atoms with E-state index in [1.165, 1.54) is 0 Å². The second-order valence-electron chi connectivity index (χ2n) is 4.02. The number of para-hydroxylation sites is 1. The molecule has 4 nitrogen and oxygen atoms in total. The number of nitrogens with zero attached hydrogens (tertiary/aromatic N) is 1. The minimum Gasteiger partial charge on any atom is -0.382 e. The first-order valence-corrected chi connectivity index (χ1v) is 5.96. The third kappa shape index (κ3) is 2.78. The summed E-state index contributed by atoms with van der Waals surface area (Å²) in [4.78, 5) is 11.0. The first kappa shape index (κ1) is 12.8. The highest BCUT2D eigenvalue weighted by Gasteiger charge is 2.05. The van der Waals surface area contributed by atoms with Crippen molar-refractivity contribution in [2.24, 2.45) is 0 Å². The number of aromatic nitrogens is 1. The number of rotatable bonds is 7. The number of fused-ring (bicyclic) bond motifs is 1. The molecule has 2 aromatic rings. The summed E-state index contributed by atoms with van der Waals surface area (Å²) in [5.74, 6) is 0. The van der Waals surface area contributed by atoms with E-state index in [-0.39, 0.29) is 0 Å². The zero-order valence-electron chi connectivity index (χ0n) is 10.5. The summed E-state index contributed by atoms with van der Waals surface area (Å²) in [6.45, 7) is 2.54. The third-order valence-electron chi connectivity index (χ3n) is 2.85. The number of methoxy groups -OCH3 is 1. The van der Waals surface area contributed by atoms with E-state index in [1.54, 1.807) is 7.11 Å². The van der Waals surface area contributed by atoms with Crippen LogP contribution in [0.5, 0.6) is 0 Å². The number of ether oxygens (including phenoxy) is 2. The molecule has 1 aromatic carbocycles. The number of aldehydes is 1. The van der Waals surface area contributed by atoms with Gasteiger partial charge in [-0.15, -0.1) is 0 Å². The van der Waals surface area contributed by atoms with E-state index in [4.69, 9.17) is 9.47 Å². The molecule has 1 aromatic heterocycles. The highest BCUT2D eigenvalue weighted by atomic mass is 16.5. The van der Waals surface area contributed by atoms with Gasteiger partial charge in [0.2, 0.25) is 0 Å². The molecular weight excluding hydrogens is 230 g/mol. The highest BCUT2D eigenvalue weighted by Crippen LogP contribution is 2.18. The summed E-state index contributed by atoms with van der Waals surface area (Å²) in [5, 5.41) is 1.08. The topological polar surface area (TPSA) is 40.5 Å². The van der Waals surface area contributed by atoms with Crippen molar-refractivity contribution in [2.75, 3.05) is 26.9 Å². The average Bonchev–Trinajstić information content (AvgIpc) is 2.82. The maximum absolute atomic E-state index is 11.0. The van der Waals surface area contributed by atoms with Crippen LogP contribution in [0.1, 0.15) is 10.4 Å². The molecule has 0 spiro atoms. The zero-order chi connectivity index (χ0) is 12.8. The summed E-state index contributed by atoms with van der Waals surface area (Å²) in [6, 6.07) is 7.74. The summed E-state index contributed by atoms with van der Waals surface area (Å²) in [7, 11) is 1.65. The van der Waals surface area contributed by atoms with Crippen LogP contribution in [0.3, 0.4) is 0 Å². The van der Waals surface area contributed by atoms with Crippen molar-refractivity contribution < 1.29 is 14.3 Å². The number of carbonyl (C=O) groups excluding carboxylic acids is 1. The fourth-order valence-electron chi connectivity index (χ4n) is 1.98. The predicted molar refractivity (Wildman–Crippen MR) is 70.0 cm³/mol. The van der Waals surface area contributed by atoms with Crippen LogP contribution in [0, 0.1) is 0 Å². The molecule has 2 rings (SSSR count). The van der Waals surface area contributed by atoms with Crippen LogP contribution in [-0.4, -0.2) is 37.8 Å². The van der Waals surface area contributed by atoms with Gasteiger partial charge in [0, 0.05) is 30.8 Å². The first-order valence-electron chi connectivity index (χ1n) is 5.96. The lowest BCUT2D eigenvalue weighted by Gasteiger charge is -2.07. The average molecular weight is 247 g/mol. The first-order chi connectivity index (χ1) is 8.86. The van der Waals surface area contributed by atoms with Crippen molar-refractivity contribution >= 4 is 17.2 Å². The summed E-state index contributed by atoms with van der Waals surface area (Å²) >= 11 is 0. The molecule has 0 N–H and O–H groups in total. The van der Waals surface area contributed by atoms with Crippen LogP contribution in [0.2, 0.25) is 0 Å². The van der Waals surface area contributed by atoms with Crippen LogP contribution < -0.4 is 0 Å². The molecule has 0 aliphatic carbocycles. The second-order valence-corrected chi connectivity index (χ2v) is 4.02. The highest BCUT2D eigenvalue weighted by molar-refractivity contribution is 5.96. The van der Waals surface area contributed by atoms with Crippen molar-refractivity contribution in [3.63, 3.8) is 0 Å². The summed E-state index contributed by atoms with van der Waals surface area (Å²) in [6.07, 6.45) is 2.88. The number of hydrogen-bond acceptors (Lipinski definition) is 3. The Balaban J connectivity index is 2.06. The molecule has 0 saturated heterocycles. The van der Waals surface area contributed by atoms with Gasteiger partial charge in [0.15, 0.2) is 6.29 Å². The van der Waals surface area contributed by atoms with E-state index in [2.05, 4.69) is 0 Å². The summed E-state index contributed by atoms with van der Waals surface area (Å²) in [5.41, 5.74) is 1.69. The number of carbonyl (C=O) groups is 1. The smallest absolute Gasteiger partial charge is 0.152 e. The largest absolute Gasteiger partial charge is 0.382 e. The Morgan fingerprint density at radius 2 is 2.11 bits per heavy atom. The summed E-state index contributed by atoms with van der Waals surface area (Å²) < 4.78 is 12.4. The maximum atomic E-state index is 11.0. The predicted octanol–water partition coefficient (Wildman–Crippen LogP) is 2.12. The minimum absolute atomic E-state index is 0.593. The lowest BCUT2D eigenvalue weighted by Crippen LogP contribution is -2.09. The minimum atomic E-state index is 0.593. The Hall–Kier alpha value is -1.65. The Morgan fingerprint density at radius 1 is 1.22 bits per heavy atom. The molecule has 96 valence electrons. The van der Waals surface area contributed by atoms with Crippen molar-refractivity contribution in [2.45, 2.75) is 6.54 Å². The van der Waals surface area contributed by atoms with Crippen LogP contribution in [-0.2, 0) is 16.0 Å². The van der Waals surface area contributed by atoms with Gasteiger partial charge in [0.1, 0.15) is 0 Å². The molecular formula is C14H17NO3. The lowest BCUT2D eigenvalue weighted by atomic mass is 10.1. The van der Waals surface area contributed by atoms with Gasteiger partial charge in [-0.05, 0) is 12.1 Å². The van der Waals surface area contributed by atoms with Gasteiger partial charge in [-0.1, -0.05) is 12.1 Å². The lowest BCUT2D eigenvalue weighted by molar-refractivity contribution is 0.0670. The monoisotopic (exact) mass is 247 g/mol. The van der Waals surface area contributed by atoms with Crippen molar-refractivity contribution in [3.05, 3.63) is 36.0 Å². The van der Waals surface area contributed by atoms with E-state index in [9.17, 15) is 4.79 Å². The number of hydrogen-bond donors (Lipinski definition) is 0. The quantitative estimate of drug-likeness (QED) is 0.556. The Morgan fingerprint density at radius 3 is 2.89 bits per heavy atom. The fourth-order valence-corrected chi connectivity index (χ4v) is 1.98. The van der Waals surface area contributed by atoms with Crippen molar-refractivity contribution in [3.8, 4) is 0 Å². The molecule has 0 aliphatic rings. The second kappa shape index (κ2) is 6.33. The van der Waals surface area contributed by atoms with E-state index >= 15 is 0 Å².